The van der Waals surface area contributed by atoms with Gasteiger partial charge in [0.1, 0.15) is 11.6 Å². The number of halogens is 1. The van der Waals surface area contributed by atoms with Gasteiger partial charge in [-0.1, -0.05) is 24.3 Å². The van der Waals surface area contributed by atoms with Crippen molar-refractivity contribution in [3.05, 3.63) is 78.1 Å². The quantitative estimate of drug-likeness (QED) is 0.208. The molecule has 0 unspecified atom stereocenters. The molecule has 0 spiro atoms. The van der Waals surface area contributed by atoms with E-state index in [0.717, 1.165) is 36.1 Å². The molecule has 0 fully saturated rings. The van der Waals surface area contributed by atoms with Gasteiger partial charge < -0.3 is 15.6 Å². The van der Waals surface area contributed by atoms with Gasteiger partial charge in [0.05, 0.1) is 0 Å². The zero-order valence-electron chi connectivity index (χ0n) is 17.1. The summed E-state index contributed by atoms with van der Waals surface area (Å²) in [7, 11) is 1.78. The van der Waals surface area contributed by atoms with Gasteiger partial charge in [-0.2, -0.15) is 0 Å². The molecule has 0 saturated heterocycles. The third kappa shape index (κ3) is 4.99. The molecule has 0 amide bonds. The number of aromatic nitrogens is 4. The standard InChI is InChI=1S/C22H25N7.HI/c1-16-24-11-12-29(16)21-8-7-17(13-27-21)14-28-22(23-2)25-10-9-18-15-26-20-6-4-3-5-19(18)20;/h3-8,11-13,15,26H,9-10,14H2,1-2H3,(H2,23,25,28);1H. The first-order valence-electron chi connectivity index (χ1n) is 9.69. The molecular formula is C22H26IN7. The molecule has 4 rings (SSSR count). The molecule has 0 bridgehead atoms. The van der Waals surface area contributed by atoms with Crippen molar-refractivity contribution in [1.82, 2.24) is 30.2 Å². The predicted octanol–water partition coefficient (Wildman–Crippen LogP) is 3.58. The number of benzene rings is 1. The largest absolute Gasteiger partial charge is 0.361 e. The molecule has 3 N–H and O–H groups in total. The van der Waals surface area contributed by atoms with Crippen molar-refractivity contribution in [2.24, 2.45) is 4.99 Å². The summed E-state index contributed by atoms with van der Waals surface area (Å²) < 4.78 is 1.96. The summed E-state index contributed by atoms with van der Waals surface area (Å²) in [5, 5.41) is 7.99. The Bertz CT molecular complexity index is 1110. The average molecular weight is 515 g/mol. The minimum atomic E-state index is 0. The molecule has 4 aromatic rings. The van der Waals surface area contributed by atoms with Crippen molar-refractivity contribution in [2.45, 2.75) is 19.9 Å². The van der Waals surface area contributed by atoms with Crippen molar-refractivity contribution in [3.8, 4) is 5.82 Å². The van der Waals surface area contributed by atoms with Gasteiger partial charge in [-0.25, -0.2) is 9.97 Å². The molecule has 8 heteroatoms. The number of nitrogens with zero attached hydrogens (tertiary/aromatic N) is 4. The van der Waals surface area contributed by atoms with Gasteiger partial charge in [-0.15, -0.1) is 24.0 Å². The lowest BCUT2D eigenvalue weighted by atomic mass is 10.1. The van der Waals surface area contributed by atoms with Crippen LogP contribution in [0.5, 0.6) is 0 Å². The van der Waals surface area contributed by atoms with Crippen molar-refractivity contribution in [2.75, 3.05) is 13.6 Å². The van der Waals surface area contributed by atoms with E-state index < -0.39 is 0 Å². The van der Waals surface area contributed by atoms with E-state index in [1.807, 2.05) is 36.0 Å². The Morgan fingerprint density at radius 2 is 2.00 bits per heavy atom. The molecule has 0 aliphatic heterocycles. The molecule has 0 saturated carbocycles. The van der Waals surface area contributed by atoms with E-state index in [4.69, 9.17) is 0 Å². The van der Waals surface area contributed by atoms with Gasteiger partial charge in [-0.05, 0) is 36.6 Å². The molecule has 0 radical (unpaired) electrons. The Kier molecular flexibility index (Phi) is 7.45. The fourth-order valence-electron chi connectivity index (χ4n) is 3.34. The van der Waals surface area contributed by atoms with E-state index in [2.05, 4.69) is 61.0 Å². The predicted molar refractivity (Wildman–Crippen MR) is 132 cm³/mol. The third-order valence-electron chi connectivity index (χ3n) is 4.93. The first kappa shape index (κ1) is 21.8. The summed E-state index contributed by atoms with van der Waals surface area (Å²) >= 11 is 0. The lowest BCUT2D eigenvalue weighted by Crippen LogP contribution is -2.37. The van der Waals surface area contributed by atoms with Crippen molar-refractivity contribution >= 4 is 40.8 Å². The number of fused-ring (bicyclic) bond motifs is 1. The highest BCUT2D eigenvalue weighted by Crippen LogP contribution is 2.17. The Morgan fingerprint density at radius 1 is 1.13 bits per heavy atom. The van der Waals surface area contributed by atoms with E-state index in [9.17, 15) is 0 Å². The summed E-state index contributed by atoms with van der Waals surface area (Å²) in [5.41, 5.74) is 3.57. The van der Waals surface area contributed by atoms with Crippen LogP contribution >= 0.6 is 24.0 Å². The lowest BCUT2D eigenvalue weighted by molar-refractivity contribution is 0.793. The highest BCUT2D eigenvalue weighted by atomic mass is 127. The number of H-pyrrole nitrogens is 1. The van der Waals surface area contributed by atoms with Crippen molar-refractivity contribution in [3.63, 3.8) is 0 Å². The highest BCUT2D eigenvalue weighted by molar-refractivity contribution is 14.0. The normalized spacial score (nSPS) is 11.3. The minimum absolute atomic E-state index is 0. The number of rotatable bonds is 6. The minimum Gasteiger partial charge on any atom is -0.361 e. The number of aryl methyl sites for hydroxylation is 1. The molecule has 3 aromatic heterocycles. The molecule has 30 heavy (non-hydrogen) atoms. The number of guanidine groups is 1. The summed E-state index contributed by atoms with van der Waals surface area (Å²) in [6, 6.07) is 12.4. The van der Waals surface area contributed by atoms with Crippen LogP contribution < -0.4 is 10.6 Å². The monoisotopic (exact) mass is 515 g/mol. The van der Waals surface area contributed by atoms with E-state index in [-0.39, 0.29) is 24.0 Å². The zero-order valence-corrected chi connectivity index (χ0v) is 19.4. The fraction of sp³-hybridized carbons (Fsp3) is 0.227. The molecular weight excluding hydrogens is 489 g/mol. The number of pyridine rings is 1. The number of aliphatic imine (C=N–C) groups is 1. The maximum atomic E-state index is 4.53. The van der Waals surface area contributed by atoms with Crippen LogP contribution in [0.25, 0.3) is 16.7 Å². The Labute approximate surface area is 193 Å². The van der Waals surface area contributed by atoms with Crippen molar-refractivity contribution < 1.29 is 0 Å². The smallest absolute Gasteiger partial charge is 0.191 e. The number of nitrogens with one attached hydrogen (secondary N) is 3. The highest BCUT2D eigenvalue weighted by Gasteiger charge is 2.05. The number of hydrogen-bond acceptors (Lipinski definition) is 3. The van der Waals surface area contributed by atoms with Crippen LogP contribution in [-0.4, -0.2) is 39.1 Å². The van der Waals surface area contributed by atoms with Crippen LogP contribution in [0.2, 0.25) is 0 Å². The van der Waals surface area contributed by atoms with E-state index in [1.54, 1.807) is 13.2 Å². The van der Waals surface area contributed by atoms with Gasteiger partial charge in [0, 0.05) is 55.8 Å². The number of aromatic amines is 1. The van der Waals surface area contributed by atoms with Crippen LogP contribution in [0.4, 0.5) is 0 Å². The summed E-state index contributed by atoms with van der Waals surface area (Å²) in [6.45, 7) is 3.42. The second kappa shape index (κ2) is 10.2. The van der Waals surface area contributed by atoms with Crippen LogP contribution in [0, 0.1) is 6.92 Å². The molecule has 0 aliphatic carbocycles. The van der Waals surface area contributed by atoms with E-state index >= 15 is 0 Å². The maximum absolute atomic E-state index is 4.53. The summed E-state index contributed by atoms with van der Waals surface area (Å²) in [5.74, 6) is 2.56. The SMILES string of the molecule is CN=C(NCCc1c[nH]c2ccccc12)NCc1ccc(-n2ccnc2C)nc1.I. The first-order chi connectivity index (χ1) is 14.2. The molecule has 1 aromatic carbocycles. The van der Waals surface area contributed by atoms with Gasteiger partial charge in [0.2, 0.25) is 0 Å². The Morgan fingerprint density at radius 3 is 2.73 bits per heavy atom. The van der Waals surface area contributed by atoms with E-state index in [0.29, 0.717) is 6.54 Å². The second-order valence-electron chi connectivity index (χ2n) is 6.83. The topological polar surface area (TPSA) is 82.9 Å². The zero-order chi connectivity index (χ0) is 20.1. The number of para-hydroxylation sites is 1. The fourth-order valence-corrected chi connectivity index (χ4v) is 3.34. The van der Waals surface area contributed by atoms with Gasteiger partial charge in [-0.3, -0.25) is 9.56 Å². The summed E-state index contributed by atoms with van der Waals surface area (Å²) in [4.78, 5) is 16.4. The number of imidazole rings is 1. The second-order valence-corrected chi connectivity index (χ2v) is 6.83. The summed E-state index contributed by atoms with van der Waals surface area (Å²) in [6.07, 6.45) is 8.57. The molecule has 0 atom stereocenters. The van der Waals surface area contributed by atoms with Gasteiger partial charge in [0.25, 0.3) is 0 Å². The Balaban J connectivity index is 0.00000256. The molecule has 7 nitrogen and oxygen atoms in total. The number of hydrogen-bond donors (Lipinski definition) is 3. The van der Waals surface area contributed by atoms with Crippen LogP contribution in [0.15, 0.2) is 66.2 Å². The average Bonchev–Trinajstić information content (AvgIpc) is 3.37. The van der Waals surface area contributed by atoms with E-state index in [1.165, 1.54) is 16.5 Å². The van der Waals surface area contributed by atoms with Gasteiger partial charge in [0.15, 0.2) is 5.96 Å². The van der Waals surface area contributed by atoms with Crippen molar-refractivity contribution in [1.29, 1.82) is 0 Å². The van der Waals surface area contributed by atoms with Gasteiger partial charge >= 0.3 is 0 Å². The van der Waals surface area contributed by atoms with Crippen LogP contribution in [-0.2, 0) is 13.0 Å². The third-order valence-corrected chi connectivity index (χ3v) is 4.93. The van der Waals surface area contributed by atoms with Crippen LogP contribution in [0.1, 0.15) is 17.0 Å². The molecule has 156 valence electrons. The Hall–Kier alpha value is -2.88. The lowest BCUT2D eigenvalue weighted by Gasteiger charge is -2.12. The van der Waals surface area contributed by atoms with Crippen LogP contribution in [0.3, 0.4) is 0 Å². The maximum Gasteiger partial charge on any atom is 0.191 e. The molecule has 3 heterocycles. The molecule has 0 aliphatic rings. The first-order valence-corrected chi connectivity index (χ1v) is 9.69.